The zero-order valence-corrected chi connectivity index (χ0v) is 2.88. The van der Waals surface area contributed by atoms with Gasteiger partial charge in [-0.1, -0.05) is 0 Å². The summed E-state index contributed by atoms with van der Waals surface area (Å²) in [6, 6.07) is 0. The Bertz CT molecular complexity index is 31.9. The lowest BCUT2D eigenvalue weighted by atomic mass is 11.0. The maximum absolute atomic E-state index is 8.81. The van der Waals surface area contributed by atoms with Gasteiger partial charge in [0.05, 0.1) is 0 Å². The predicted octanol–water partition coefficient (Wildman–Crippen LogP) is 0.235. The molecule has 0 aliphatic rings. The van der Waals surface area contributed by atoms with E-state index in [1.165, 1.54) is 6.92 Å². The molecule has 0 aromatic rings. The topological polar surface area (TPSA) is 64.7 Å². The number of rotatable bonds is 0. The highest BCUT2D eigenvalue weighted by Crippen LogP contribution is 1.13. The fourth-order valence-electron chi connectivity index (χ4n) is 0. The third-order valence-electron chi connectivity index (χ3n) is 0. The Morgan fingerprint density at radius 3 is 1.60 bits per heavy atom. The number of carbonyl (C=O) groups excluding carboxylic acids is 1. The largest absolute Gasteiger partial charge is 0.304 e. The van der Waals surface area contributed by atoms with Gasteiger partial charge in [-0.15, -0.1) is 0 Å². The van der Waals surface area contributed by atoms with Crippen LogP contribution in [0.4, 0.5) is 0 Å². The van der Waals surface area contributed by atoms with Crippen LogP contribution >= 0.6 is 0 Å². The second kappa shape index (κ2) is 1670. The Balaban J connectivity index is 0. The van der Waals surface area contributed by atoms with Crippen molar-refractivity contribution in [3.63, 3.8) is 0 Å². The van der Waals surface area contributed by atoms with E-state index in [2.05, 4.69) is 0 Å². The summed E-state index contributed by atoms with van der Waals surface area (Å²) in [5.74, 6) is 0. The summed E-state index contributed by atoms with van der Waals surface area (Å²) in [7, 11) is 0. The van der Waals surface area contributed by atoms with Gasteiger partial charge < -0.3 is 4.79 Å². The van der Waals surface area contributed by atoms with E-state index in [1.54, 1.807) is 0 Å². The minimum atomic E-state index is 0.750. The zero-order chi connectivity index (χ0) is 4.71. The van der Waals surface area contributed by atoms with Gasteiger partial charge in [0, 0.05) is 10.8 Å². The molecule has 0 rings (SSSR count). The molecule has 3 heteroatoms. The third kappa shape index (κ3) is 4.43. The Morgan fingerprint density at radius 1 is 1.60 bits per heavy atom. The van der Waals surface area contributed by atoms with Crippen molar-refractivity contribution in [1.82, 2.24) is 0 Å². The van der Waals surface area contributed by atoms with Crippen LogP contribution in [0, 0.1) is 10.8 Å². The fourth-order valence-corrected chi connectivity index (χ4v) is 0. The maximum Gasteiger partial charge on any atom is 0.116 e. The molecule has 0 radical (unpaired) electrons. The summed E-state index contributed by atoms with van der Waals surface area (Å²) < 4.78 is 0. The van der Waals surface area contributed by atoms with E-state index in [9.17, 15) is 0 Å². The highest BCUT2D eigenvalue weighted by atomic mass is 16.1. The minimum absolute atomic E-state index is 0.750. The number of nitrogens with zero attached hydrogens (tertiary/aromatic N) is 2. The van der Waals surface area contributed by atoms with Gasteiger partial charge in [-0.25, -0.2) is 0 Å². The van der Waals surface area contributed by atoms with Crippen LogP contribution in [0.3, 0.4) is 0 Å². The Morgan fingerprint density at radius 2 is 1.60 bits per heavy atom. The van der Waals surface area contributed by atoms with Crippen LogP contribution in [0.15, 0.2) is 0 Å². The molecule has 0 unspecified atom stereocenters. The molecule has 0 amide bonds. The zero-order valence-electron chi connectivity index (χ0n) is 2.88. The van der Waals surface area contributed by atoms with Crippen molar-refractivity contribution in [3.05, 3.63) is 0 Å². The number of aldehydes is 1. The highest BCUT2D eigenvalue weighted by molar-refractivity contribution is 5.44. The van der Waals surface area contributed by atoms with E-state index in [0.29, 0.717) is 0 Å². The molecule has 0 saturated heterocycles. The smallest absolute Gasteiger partial charge is 0.116 e. The summed E-state index contributed by atoms with van der Waals surface area (Å²) in [4.78, 5) is 8.81. The van der Waals surface area contributed by atoms with Crippen LogP contribution in [0.2, 0.25) is 0 Å². The van der Waals surface area contributed by atoms with Crippen LogP contribution in [0.5, 0.6) is 0 Å². The molecule has 0 aromatic heterocycles. The van der Waals surface area contributed by atoms with Gasteiger partial charge >= 0.3 is 0 Å². The molecule has 0 spiro atoms. The number of hydrogen-bond acceptors (Lipinski definition) is 3. The van der Waals surface area contributed by atoms with E-state index >= 15 is 0 Å². The minimum Gasteiger partial charge on any atom is -0.304 e. The lowest BCUT2D eigenvalue weighted by Gasteiger charge is -1.23. The van der Waals surface area contributed by atoms with Crippen molar-refractivity contribution < 1.29 is 4.79 Å². The molecule has 3 nitrogen and oxygen atoms in total. The monoisotopic (exact) mass is 72.0 g/mol. The molecule has 0 aliphatic heterocycles. The van der Waals surface area contributed by atoms with Crippen molar-refractivity contribution in [3.8, 4) is 0 Å². The summed E-state index contributed by atoms with van der Waals surface area (Å²) in [6.07, 6.45) is 0.750. The maximum atomic E-state index is 8.81. The Kier molecular flexibility index (Phi) is 2980. The SMILES string of the molecule is CC=O.N#N. The average molecular weight is 72.1 g/mol. The third-order valence-corrected chi connectivity index (χ3v) is 0. The predicted molar refractivity (Wildman–Crippen MR) is 15.2 cm³/mol. The van der Waals surface area contributed by atoms with E-state index in [4.69, 9.17) is 15.6 Å². The van der Waals surface area contributed by atoms with E-state index in [1.807, 2.05) is 0 Å². The molecule has 0 aromatic carbocycles. The summed E-state index contributed by atoms with van der Waals surface area (Å²) in [5.41, 5.74) is 0. The van der Waals surface area contributed by atoms with Crippen molar-refractivity contribution in [2.45, 2.75) is 6.92 Å². The van der Waals surface area contributed by atoms with Crippen molar-refractivity contribution in [2.75, 3.05) is 0 Å². The molecular formula is C2H4N2O. The van der Waals surface area contributed by atoms with Gasteiger partial charge in [-0.2, -0.15) is 0 Å². The highest BCUT2D eigenvalue weighted by Gasteiger charge is 1.24. The molecule has 0 aliphatic carbocycles. The van der Waals surface area contributed by atoms with Crippen LogP contribution in [-0.4, -0.2) is 6.29 Å². The molecule has 0 fully saturated rings. The molecular weight excluding hydrogens is 68.0 g/mol. The van der Waals surface area contributed by atoms with Gasteiger partial charge in [0.15, 0.2) is 0 Å². The Labute approximate surface area is 30.0 Å². The van der Waals surface area contributed by atoms with Crippen LogP contribution in [0.1, 0.15) is 6.92 Å². The van der Waals surface area contributed by atoms with Crippen molar-refractivity contribution >= 4 is 6.29 Å². The molecule has 5 heavy (non-hydrogen) atoms. The second-order valence-corrected chi connectivity index (χ2v) is 0.236. The van der Waals surface area contributed by atoms with E-state index in [0.717, 1.165) is 6.29 Å². The second-order valence-electron chi connectivity index (χ2n) is 0.236. The quantitative estimate of drug-likeness (QED) is 0.304. The Hall–Kier alpha value is -0.910. The normalized spacial score (nSPS) is 3.00. The summed E-state index contributed by atoms with van der Waals surface area (Å²) in [6.45, 7) is 1.44. The van der Waals surface area contributed by atoms with Crippen LogP contribution in [0.25, 0.3) is 0 Å². The summed E-state index contributed by atoms with van der Waals surface area (Å²) >= 11 is 0. The molecule has 28 valence electrons. The fraction of sp³-hybridized carbons (Fsp3) is 0.500. The van der Waals surface area contributed by atoms with Crippen LogP contribution < -0.4 is 0 Å². The van der Waals surface area contributed by atoms with Gasteiger partial charge in [0.2, 0.25) is 0 Å². The lowest BCUT2D eigenvalue weighted by Crippen LogP contribution is -1.36. The van der Waals surface area contributed by atoms with Gasteiger partial charge in [0.1, 0.15) is 6.29 Å². The molecule has 0 N–H and O–H groups in total. The average Bonchev–Trinajstić information content (AvgIpc) is 1.46. The molecule has 0 saturated carbocycles. The number of carbonyl (C=O) groups is 1. The first-order valence-electron chi connectivity index (χ1n) is 1.01. The van der Waals surface area contributed by atoms with Crippen LogP contribution in [-0.2, 0) is 4.79 Å². The van der Waals surface area contributed by atoms with E-state index in [-0.39, 0.29) is 0 Å². The first-order valence-corrected chi connectivity index (χ1v) is 1.01. The van der Waals surface area contributed by atoms with Gasteiger partial charge in [0.25, 0.3) is 0 Å². The summed E-state index contributed by atoms with van der Waals surface area (Å²) in [5, 5.41) is 12.0. The molecule has 0 heterocycles. The van der Waals surface area contributed by atoms with Gasteiger partial charge in [-0.3, -0.25) is 0 Å². The lowest BCUT2D eigenvalue weighted by molar-refractivity contribution is -0.106. The first kappa shape index (κ1) is 8.94. The molecule has 0 atom stereocenters. The van der Waals surface area contributed by atoms with E-state index < -0.39 is 0 Å². The first-order chi connectivity index (χ1) is 2.41. The number of hydrogen-bond donors (Lipinski definition) is 0. The van der Waals surface area contributed by atoms with Crippen molar-refractivity contribution in [1.29, 1.82) is 10.8 Å². The molecule has 0 bridgehead atoms. The van der Waals surface area contributed by atoms with Gasteiger partial charge in [-0.05, 0) is 6.92 Å². The standard InChI is InChI=1S/C2H4O.N2/c1-2-3;1-2/h2H,1H3;. The van der Waals surface area contributed by atoms with Crippen molar-refractivity contribution in [2.24, 2.45) is 0 Å².